The highest BCUT2D eigenvalue weighted by molar-refractivity contribution is 5.95. The van der Waals surface area contributed by atoms with Crippen LogP contribution in [-0.4, -0.2) is 10.9 Å². The molecule has 0 aliphatic rings. The lowest BCUT2D eigenvalue weighted by molar-refractivity contribution is 0.0950. The Hall–Kier alpha value is -2.88. The van der Waals surface area contributed by atoms with Crippen molar-refractivity contribution in [1.29, 1.82) is 0 Å². The van der Waals surface area contributed by atoms with Crippen molar-refractivity contribution in [1.82, 2.24) is 10.3 Å². The second-order valence-electron chi connectivity index (χ2n) is 6.17. The van der Waals surface area contributed by atoms with E-state index in [2.05, 4.69) is 10.3 Å². The smallest absolute Gasteiger partial charge is 0.253 e. The molecule has 2 N–H and O–H groups in total. The van der Waals surface area contributed by atoms with E-state index in [4.69, 9.17) is 0 Å². The molecule has 1 heterocycles. The first kappa shape index (κ1) is 16.0. The van der Waals surface area contributed by atoms with Crippen LogP contribution in [0.4, 0.5) is 0 Å². The first-order valence-corrected chi connectivity index (χ1v) is 7.92. The summed E-state index contributed by atoms with van der Waals surface area (Å²) in [6, 6.07) is 13.3. The molecule has 0 aliphatic heterocycles. The second kappa shape index (κ2) is 6.32. The van der Waals surface area contributed by atoms with Gasteiger partial charge in [-0.25, -0.2) is 0 Å². The number of nitrogens with one attached hydrogen (secondary N) is 2. The van der Waals surface area contributed by atoms with E-state index >= 15 is 0 Å². The number of hydrogen-bond acceptors (Lipinski definition) is 2. The molecule has 1 aromatic heterocycles. The van der Waals surface area contributed by atoms with Crippen LogP contribution in [-0.2, 0) is 6.54 Å². The third kappa shape index (κ3) is 3.08. The molecule has 2 aromatic carbocycles. The molecule has 0 unspecified atom stereocenters. The number of aromatic nitrogens is 1. The first-order chi connectivity index (χ1) is 11.5. The molecule has 0 saturated heterocycles. The molecule has 0 radical (unpaired) electrons. The number of carbonyl (C=O) groups is 1. The van der Waals surface area contributed by atoms with Crippen LogP contribution in [0.5, 0.6) is 0 Å². The second-order valence-corrected chi connectivity index (χ2v) is 6.17. The maximum absolute atomic E-state index is 12.3. The van der Waals surface area contributed by atoms with Gasteiger partial charge in [0.2, 0.25) is 0 Å². The molecule has 4 nitrogen and oxygen atoms in total. The number of pyridine rings is 1. The van der Waals surface area contributed by atoms with Gasteiger partial charge in [0.25, 0.3) is 11.5 Å². The monoisotopic (exact) mass is 320 g/mol. The molecule has 3 rings (SSSR count). The summed E-state index contributed by atoms with van der Waals surface area (Å²) in [5.41, 5.74) is 4.95. The van der Waals surface area contributed by atoms with Crippen molar-refractivity contribution in [2.24, 2.45) is 0 Å². The summed E-state index contributed by atoms with van der Waals surface area (Å²) in [5, 5.41) is 3.81. The van der Waals surface area contributed by atoms with Crippen molar-refractivity contribution in [2.45, 2.75) is 27.3 Å². The van der Waals surface area contributed by atoms with Gasteiger partial charge < -0.3 is 10.3 Å². The van der Waals surface area contributed by atoms with Gasteiger partial charge in [-0.05, 0) is 55.5 Å². The lowest BCUT2D eigenvalue weighted by atomic mass is 10.1. The fraction of sp³-hybridized carbons (Fsp3) is 0.200. The lowest BCUT2D eigenvalue weighted by Gasteiger charge is -2.09. The fourth-order valence-electron chi connectivity index (χ4n) is 2.96. The maximum Gasteiger partial charge on any atom is 0.253 e. The Balaban J connectivity index is 1.88. The van der Waals surface area contributed by atoms with E-state index in [1.54, 1.807) is 6.07 Å². The average molecular weight is 320 g/mol. The van der Waals surface area contributed by atoms with Crippen LogP contribution in [0.1, 0.15) is 32.6 Å². The van der Waals surface area contributed by atoms with Gasteiger partial charge in [-0.3, -0.25) is 9.59 Å². The van der Waals surface area contributed by atoms with Crippen molar-refractivity contribution >= 4 is 16.8 Å². The first-order valence-electron chi connectivity index (χ1n) is 7.92. The highest BCUT2D eigenvalue weighted by Gasteiger charge is 2.10. The Labute approximate surface area is 140 Å². The van der Waals surface area contributed by atoms with Crippen LogP contribution in [0.15, 0.2) is 47.3 Å². The number of carbonyl (C=O) groups excluding carboxylic acids is 1. The number of amides is 1. The summed E-state index contributed by atoms with van der Waals surface area (Å²) in [5.74, 6) is -0.173. The Morgan fingerprint density at radius 3 is 2.54 bits per heavy atom. The number of aryl methyl sites for hydroxylation is 3. The van der Waals surface area contributed by atoms with Gasteiger partial charge in [-0.1, -0.05) is 29.8 Å². The van der Waals surface area contributed by atoms with Crippen LogP contribution in [0.3, 0.4) is 0 Å². The standard InChI is InChI=1S/C20H20N2O2/c1-12-8-14(3)18-15(9-12)10-16(19(23)22-18)11-21-20(24)17-7-5-4-6-13(17)2/h4-10H,11H2,1-3H3,(H,21,24)(H,22,23). The van der Waals surface area contributed by atoms with E-state index in [9.17, 15) is 9.59 Å². The maximum atomic E-state index is 12.3. The van der Waals surface area contributed by atoms with E-state index in [1.165, 1.54) is 0 Å². The Bertz CT molecular complexity index is 987. The van der Waals surface area contributed by atoms with E-state index in [-0.39, 0.29) is 18.0 Å². The molecule has 0 fully saturated rings. The van der Waals surface area contributed by atoms with E-state index in [1.807, 2.05) is 57.2 Å². The summed E-state index contributed by atoms with van der Waals surface area (Å²) >= 11 is 0. The van der Waals surface area contributed by atoms with Crippen LogP contribution >= 0.6 is 0 Å². The largest absolute Gasteiger partial charge is 0.348 e. The molecule has 4 heteroatoms. The van der Waals surface area contributed by atoms with Gasteiger partial charge >= 0.3 is 0 Å². The minimum Gasteiger partial charge on any atom is -0.348 e. The highest BCUT2D eigenvalue weighted by Crippen LogP contribution is 2.18. The zero-order chi connectivity index (χ0) is 17.3. The Morgan fingerprint density at radius 1 is 1.04 bits per heavy atom. The third-order valence-electron chi connectivity index (χ3n) is 4.20. The van der Waals surface area contributed by atoms with E-state index < -0.39 is 0 Å². The fourth-order valence-corrected chi connectivity index (χ4v) is 2.96. The predicted molar refractivity (Wildman–Crippen MR) is 96.4 cm³/mol. The van der Waals surface area contributed by atoms with Crippen LogP contribution in [0, 0.1) is 20.8 Å². The van der Waals surface area contributed by atoms with Crippen molar-refractivity contribution < 1.29 is 4.79 Å². The number of H-pyrrole nitrogens is 1. The molecule has 3 aromatic rings. The molecule has 0 bridgehead atoms. The number of aromatic amines is 1. The third-order valence-corrected chi connectivity index (χ3v) is 4.20. The molecular formula is C20H20N2O2. The van der Waals surface area contributed by atoms with Gasteiger partial charge in [0.05, 0.1) is 5.52 Å². The molecule has 122 valence electrons. The molecule has 1 amide bonds. The van der Waals surface area contributed by atoms with Gasteiger partial charge in [0, 0.05) is 17.7 Å². The van der Waals surface area contributed by atoms with E-state index in [0.717, 1.165) is 27.6 Å². The lowest BCUT2D eigenvalue weighted by Crippen LogP contribution is -2.27. The quantitative estimate of drug-likeness (QED) is 0.777. The topological polar surface area (TPSA) is 62.0 Å². The molecule has 0 atom stereocenters. The van der Waals surface area contributed by atoms with Gasteiger partial charge in [0.15, 0.2) is 0 Å². The van der Waals surface area contributed by atoms with Gasteiger partial charge in [-0.15, -0.1) is 0 Å². The molecule has 0 spiro atoms. The summed E-state index contributed by atoms with van der Waals surface area (Å²) in [7, 11) is 0. The molecule has 0 saturated carbocycles. The average Bonchev–Trinajstić information content (AvgIpc) is 2.54. The normalized spacial score (nSPS) is 10.8. The Morgan fingerprint density at radius 2 is 1.79 bits per heavy atom. The number of rotatable bonds is 3. The van der Waals surface area contributed by atoms with Gasteiger partial charge in [0.1, 0.15) is 0 Å². The number of benzene rings is 2. The van der Waals surface area contributed by atoms with Crippen molar-refractivity contribution in [3.8, 4) is 0 Å². The number of fused-ring (bicyclic) bond motifs is 1. The molecular weight excluding hydrogens is 300 g/mol. The van der Waals surface area contributed by atoms with Crippen molar-refractivity contribution in [3.63, 3.8) is 0 Å². The zero-order valence-corrected chi connectivity index (χ0v) is 14.1. The molecule has 0 aliphatic carbocycles. The summed E-state index contributed by atoms with van der Waals surface area (Å²) in [4.78, 5) is 27.5. The van der Waals surface area contributed by atoms with Crippen LogP contribution in [0.25, 0.3) is 10.9 Å². The SMILES string of the molecule is Cc1cc(C)c2[nH]c(=O)c(CNC(=O)c3ccccc3C)cc2c1. The highest BCUT2D eigenvalue weighted by atomic mass is 16.1. The minimum atomic E-state index is -0.173. The predicted octanol–water partition coefficient (Wildman–Crippen LogP) is 3.38. The zero-order valence-electron chi connectivity index (χ0n) is 14.1. The van der Waals surface area contributed by atoms with Crippen molar-refractivity contribution in [3.05, 3.63) is 80.6 Å². The molecule has 24 heavy (non-hydrogen) atoms. The Kier molecular flexibility index (Phi) is 4.21. The summed E-state index contributed by atoms with van der Waals surface area (Å²) in [6.07, 6.45) is 0. The summed E-state index contributed by atoms with van der Waals surface area (Å²) in [6.45, 7) is 6.09. The van der Waals surface area contributed by atoms with Crippen molar-refractivity contribution in [2.75, 3.05) is 0 Å². The number of hydrogen-bond donors (Lipinski definition) is 2. The van der Waals surface area contributed by atoms with Crippen LogP contribution in [0.2, 0.25) is 0 Å². The van der Waals surface area contributed by atoms with Gasteiger partial charge in [-0.2, -0.15) is 0 Å². The minimum absolute atomic E-state index is 0.167. The van der Waals surface area contributed by atoms with E-state index in [0.29, 0.717) is 11.1 Å². The summed E-state index contributed by atoms with van der Waals surface area (Å²) < 4.78 is 0. The van der Waals surface area contributed by atoms with Crippen LogP contribution < -0.4 is 10.9 Å².